The van der Waals surface area contributed by atoms with Crippen LogP contribution >= 0.6 is 0 Å². The molecule has 9 heteroatoms. The van der Waals surface area contributed by atoms with E-state index in [1.807, 2.05) is 0 Å². The van der Waals surface area contributed by atoms with Gasteiger partial charge in [-0.15, -0.1) is 0 Å². The van der Waals surface area contributed by atoms with E-state index in [1.54, 1.807) is 0 Å². The van der Waals surface area contributed by atoms with Gasteiger partial charge in [-0.25, -0.2) is 8.78 Å². The van der Waals surface area contributed by atoms with Crippen LogP contribution in [0.4, 0.5) is 27.6 Å². The molecule has 0 spiro atoms. The maximum atomic E-state index is 13.7. The van der Waals surface area contributed by atoms with Gasteiger partial charge in [0.1, 0.15) is 5.92 Å². The van der Waals surface area contributed by atoms with Crippen LogP contribution in [0.3, 0.4) is 0 Å². The van der Waals surface area contributed by atoms with Crippen LogP contribution in [0.15, 0.2) is 42.5 Å². The Bertz CT molecular complexity index is 898. The highest BCUT2D eigenvalue weighted by molar-refractivity contribution is 6.08. The third-order valence-electron chi connectivity index (χ3n) is 4.32. The van der Waals surface area contributed by atoms with Gasteiger partial charge in [-0.05, 0) is 23.8 Å². The summed E-state index contributed by atoms with van der Waals surface area (Å²) in [5.41, 5.74) is -1.22. The maximum absolute atomic E-state index is 13.7. The predicted molar refractivity (Wildman–Crippen MR) is 85.7 cm³/mol. The van der Waals surface area contributed by atoms with E-state index in [-0.39, 0.29) is 12.1 Å². The molecule has 27 heavy (non-hydrogen) atoms. The normalized spacial score (nSPS) is 19.7. The summed E-state index contributed by atoms with van der Waals surface area (Å²) in [4.78, 5) is 24.5. The van der Waals surface area contributed by atoms with E-state index >= 15 is 0 Å². The molecule has 0 radical (unpaired) electrons. The van der Waals surface area contributed by atoms with E-state index < -0.39 is 52.7 Å². The van der Waals surface area contributed by atoms with Crippen molar-refractivity contribution in [3.8, 4) is 0 Å². The molecule has 2 amide bonds. The van der Waals surface area contributed by atoms with Gasteiger partial charge < -0.3 is 10.6 Å². The molecule has 0 aromatic heterocycles. The zero-order valence-electron chi connectivity index (χ0n) is 13.6. The van der Waals surface area contributed by atoms with E-state index in [0.29, 0.717) is 0 Å². The summed E-state index contributed by atoms with van der Waals surface area (Å²) in [5.74, 6) is -6.37. The number of carbonyl (C=O) groups excluding carboxylic acids is 2. The summed E-state index contributed by atoms with van der Waals surface area (Å²) in [6.45, 7) is -0.0517. The van der Waals surface area contributed by atoms with Gasteiger partial charge in [-0.2, -0.15) is 13.2 Å². The highest BCUT2D eigenvalue weighted by atomic mass is 19.4. The first-order valence-corrected chi connectivity index (χ1v) is 7.88. The largest absolute Gasteiger partial charge is 0.416 e. The van der Waals surface area contributed by atoms with Crippen LogP contribution in [-0.2, 0) is 15.8 Å². The first kappa shape index (κ1) is 18.8. The van der Waals surface area contributed by atoms with Crippen LogP contribution in [0.2, 0.25) is 0 Å². The minimum Gasteiger partial charge on any atom is -0.355 e. The van der Waals surface area contributed by atoms with Crippen molar-refractivity contribution < 1.29 is 31.5 Å². The molecular formula is C18H13F5N2O2. The summed E-state index contributed by atoms with van der Waals surface area (Å²) in [5, 5.41) is 4.55. The van der Waals surface area contributed by atoms with Gasteiger partial charge in [0, 0.05) is 12.5 Å². The second kappa shape index (κ2) is 6.98. The fourth-order valence-corrected chi connectivity index (χ4v) is 2.99. The van der Waals surface area contributed by atoms with Crippen LogP contribution in [0.1, 0.15) is 17.0 Å². The zero-order valence-corrected chi connectivity index (χ0v) is 13.6. The van der Waals surface area contributed by atoms with Gasteiger partial charge in [0.15, 0.2) is 11.6 Å². The molecule has 0 bridgehead atoms. The first-order valence-electron chi connectivity index (χ1n) is 7.88. The standard InChI is InChI=1S/C18H13F5N2O2/c19-12-5-2-6-13(15(12)20)25-17(27)14-11(8-24-16(14)26)9-3-1-4-10(7-9)18(21,22)23/h1-7,11,14H,8H2,(H,24,26)(H,25,27). The summed E-state index contributed by atoms with van der Waals surface area (Å²) in [6, 6.07) is 7.46. The lowest BCUT2D eigenvalue weighted by atomic mass is 9.87. The van der Waals surface area contributed by atoms with E-state index in [9.17, 15) is 31.5 Å². The van der Waals surface area contributed by atoms with Crippen LogP contribution in [0.5, 0.6) is 0 Å². The fourth-order valence-electron chi connectivity index (χ4n) is 2.99. The Kier molecular flexibility index (Phi) is 4.86. The second-order valence-corrected chi connectivity index (χ2v) is 6.04. The highest BCUT2D eigenvalue weighted by Gasteiger charge is 2.42. The molecule has 2 N–H and O–H groups in total. The van der Waals surface area contributed by atoms with E-state index in [2.05, 4.69) is 10.6 Å². The SMILES string of the molecule is O=C1NCC(c2cccc(C(F)(F)F)c2)C1C(=O)Nc1cccc(F)c1F. The van der Waals surface area contributed by atoms with Crippen molar-refractivity contribution in [3.05, 3.63) is 65.2 Å². The molecule has 2 atom stereocenters. The molecule has 0 saturated carbocycles. The summed E-state index contributed by atoms with van der Waals surface area (Å²) in [7, 11) is 0. The maximum Gasteiger partial charge on any atom is 0.416 e. The molecular weight excluding hydrogens is 371 g/mol. The first-order chi connectivity index (χ1) is 12.7. The summed E-state index contributed by atoms with van der Waals surface area (Å²) in [6.07, 6.45) is -4.57. The number of amides is 2. The van der Waals surface area contributed by atoms with Gasteiger partial charge in [-0.3, -0.25) is 9.59 Å². The van der Waals surface area contributed by atoms with Crippen LogP contribution in [0.25, 0.3) is 0 Å². The molecule has 2 unspecified atom stereocenters. The Hall–Kier alpha value is -2.97. The van der Waals surface area contributed by atoms with Crippen molar-refractivity contribution in [1.82, 2.24) is 5.32 Å². The Labute approximate surface area is 150 Å². The number of carbonyl (C=O) groups is 2. The molecule has 2 aromatic carbocycles. The third kappa shape index (κ3) is 3.76. The fraction of sp³-hybridized carbons (Fsp3) is 0.222. The Balaban J connectivity index is 1.88. The van der Waals surface area contributed by atoms with Crippen molar-refractivity contribution in [2.75, 3.05) is 11.9 Å². The minimum absolute atomic E-state index is 0.0517. The lowest BCUT2D eigenvalue weighted by molar-refractivity contribution is -0.137. The Morgan fingerprint density at radius 2 is 1.81 bits per heavy atom. The van der Waals surface area contributed by atoms with Gasteiger partial charge in [0.2, 0.25) is 11.8 Å². The molecule has 1 aliphatic heterocycles. The Morgan fingerprint density at radius 3 is 2.52 bits per heavy atom. The number of nitrogens with one attached hydrogen (secondary N) is 2. The quantitative estimate of drug-likeness (QED) is 0.629. The topological polar surface area (TPSA) is 58.2 Å². The summed E-state index contributed by atoms with van der Waals surface area (Å²) < 4.78 is 65.8. The van der Waals surface area contributed by atoms with Gasteiger partial charge >= 0.3 is 6.18 Å². The molecule has 142 valence electrons. The number of anilines is 1. The smallest absolute Gasteiger partial charge is 0.355 e. The molecule has 3 rings (SSSR count). The van der Waals surface area contributed by atoms with Gasteiger partial charge in [0.05, 0.1) is 11.3 Å². The van der Waals surface area contributed by atoms with Crippen LogP contribution < -0.4 is 10.6 Å². The average molecular weight is 384 g/mol. The molecule has 4 nitrogen and oxygen atoms in total. The van der Waals surface area contributed by atoms with Crippen molar-refractivity contribution in [2.45, 2.75) is 12.1 Å². The van der Waals surface area contributed by atoms with Crippen molar-refractivity contribution in [1.29, 1.82) is 0 Å². The van der Waals surface area contributed by atoms with Gasteiger partial charge in [0.25, 0.3) is 0 Å². The van der Waals surface area contributed by atoms with E-state index in [1.165, 1.54) is 18.2 Å². The molecule has 2 aromatic rings. The number of benzene rings is 2. The number of halogens is 5. The van der Waals surface area contributed by atoms with Crippen molar-refractivity contribution in [2.24, 2.45) is 5.92 Å². The van der Waals surface area contributed by atoms with Crippen LogP contribution in [0, 0.1) is 17.6 Å². The molecule has 1 saturated heterocycles. The van der Waals surface area contributed by atoms with Crippen molar-refractivity contribution in [3.63, 3.8) is 0 Å². The van der Waals surface area contributed by atoms with E-state index in [0.717, 1.165) is 24.3 Å². The number of hydrogen-bond donors (Lipinski definition) is 2. The third-order valence-corrected chi connectivity index (χ3v) is 4.32. The minimum atomic E-state index is -4.57. The number of hydrogen-bond acceptors (Lipinski definition) is 2. The predicted octanol–water partition coefficient (Wildman–Crippen LogP) is 3.45. The number of alkyl halides is 3. The number of rotatable bonds is 3. The zero-order chi connectivity index (χ0) is 19.8. The van der Waals surface area contributed by atoms with Crippen molar-refractivity contribution >= 4 is 17.5 Å². The highest BCUT2D eigenvalue weighted by Crippen LogP contribution is 2.35. The summed E-state index contributed by atoms with van der Waals surface area (Å²) >= 11 is 0. The van der Waals surface area contributed by atoms with Gasteiger partial charge in [-0.1, -0.05) is 24.3 Å². The Morgan fingerprint density at radius 1 is 1.11 bits per heavy atom. The molecule has 1 heterocycles. The molecule has 1 aliphatic rings. The molecule has 0 aliphatic carbocycles. The van der Waals surface area contributed by atoms with Crippen LogP contribution in [-0.4, -0.2) is 18.4 Å². The monoisotopic (exact) mass is 384 g/mol. The average Bonchev–Trinajstić information content (AvgIpc) is 3.00. The van der Waals surface area contributed by atoms with E-state index in [4.69, 9.17) is 0 Å². The second-order valence-electron chi connectivity index (χ2n) is 6.04. The molecule has 1 fully saturated rings. The lowest BCUT2D eigenvalue weighted by Crippen LogP contribution is -2.32. The lowest BCUT2D eigenvalue weighted by Gasteiger charge is -2.18.